The third-order valence-corrected chi connectivity index (χ3v) is 4.61. The number of methoxy groups -OCH3 is 1. The molecule has 0 aliphatic heterocycles. The predicted octanol–water partition coefficient (Wildman–Crippen LogP) is 0.317. The minimum Gasteiger partial charge on any atom is -0.467 e. The summed E-state index contributed by atoms with van der Waals surface area (Å²) < 4.78 is 29.3. The Balaban J connectivity index is 3.18. The maximum atomic E-state index is 11.9. The van der Waals surface area contributed by atoms with E-state index in [1.54, 1.807) is 0 Å². The second-order valence-corrected chi connectivity index (χ2v) is 6.53. The third-order valence-electron chi connectivity index (χ3n) is 2.78. The molecular weight excluding hydrogens is 270 g/mol. The molecule has 0 aromatic heterocycles. The summed E-state index contributed by atoms with van der Waals surface area (Å²) in [4.78, 5) is 11.5. The van der Waals surface area contributed by atoms with Gasteiger partial charge in [-0.2, -0.15) is 0 Å². The number of sulfonamides is 1. The molecule has 7 heteroatoms. The molecule has 1 N–H and O–H groups in total. The molecular formula is C12H17NO5S. The first kappa shape index (κ1) is 15.6. The first-order valence-electron chi connectivity index (χ1n) is 5.48. The summed E-state index contributed by atoms with van der Waals surface area (Å²) in [5.41, 5.74) is -1.55. The highest BCUT2D eigenvalue weighted by Gasteiger charge is 2.33. The summed E-state index contributed by atoms with van der Waals surface area (Å²) in [7, 11) is 0.488. The molecule has 0 amide bonds. The van der Waals surface area contributed by atoms with Gasteiger partial charge in [-0.3, -0.25) is 0 Å². The fourth-order valence-corrected chi connectivity index (χ4v) is 2.38. The number of carbonyl (C=O) groups excluding carboxylic acids is 1. The van der Waals surface area contributed by atoms with Gasteiger partial charge in [-0.05, 0) is 24.6 Å². The molecule has 0 spiro atoms. The lowest BCUT2D eigenvalue weighted by molar-refractivity contribution is -0.161. The molecule has 1 rings (SSSR count). The molecule has 0 saturated heterocycles. The number of benzene rings is 1. The Labute approximate surface area is 112 Å². The van der Waals surface area contributed by atoms with Crippen LogP contribution < -0.4 is 0 Å². The second-order valence-electron chi connectivity index (χ2n) is 4.38. The van der Waals surface area contributed by atoms with Crippen LogP contribution in [0.25, 0.3) is 0 Å². The van der Waals surface area contributed by atoms with E-state index in [0.717, 1.165) is 4.31 Å². The highest BCUT2D eigenvalue weighted by atomic mass is 32.2. The van der Waals surface area contributed by atoms with E-state index < -0.39 is 21.6 Å². The molecule has 0 saturated carbocycles. The number of rotatable bonds is 4. The van der Waals surface area contributed by atoms with Crippen LogP contribution in [0.3, 0.4) is 0 Å². The Morgan fingerprint density at radius 1 is 1.26 bits per heavy atom. The lowest BCUT2D eigenvalue weighted by atomic mass is 9.96. The van der Waals surface area contributed by atoms with Gasteiger partial charge in [0.2, 0.25) is 10.0 Å². The fraction of sp³-hybridized carbons (Fsp3) is 0.417. The molecule has 1 aromatic rings. The minimum atomic E-state index is -3.53. The van der Waals surface area contributed by atoms with Crippen molar-refractivity contribution >= 4 is 16.0 Å². The van der Waals surface area contributed by atoms with Gasteiger partial charge in [-0.1, -0.05) is 12.1 Å². The molecule has 0 aliphatic rings. The Morgan fingerprint density at radius 2 is 1.74 bits per heavy atom. The van der Waals surface area contributed by atoms with Gasteiger partial charge >= 0.3 is 5.97 Å². The number of nitrogens with zero attached hydrogens (tertiary/aromatic N) is 1. The predicted molar refractivity (Wildman–Crippen MR) is 68.9 cm³/mol. The van der Waals surface area contributed by atoms with E-state index in [2.05, 4.69) is 4.74 Å². The van der Waals surface area contributed by atoms with Crippen LogP contribution in [0.1, 0.15) is 12.5 Å². The van der Waals surface area contributed by atoms with E-state index in [-0.39, 0.29) is 10.5 Å². The second kappa shape index (κ2) is 5.28. The van der Waals surface area contributed by atoms with Gasteiger partial charge in [0.05, 0.1) is 12.0 Å². The fourth-order valence-electron chi connectivity index (χ4n) is 1.48. The third kappa shape index (κ3) is 2.94. The zero-order chi connectivity index (χ0) is 14.8. The summed E-state index contributed by atoms with van der Waals surface area (Å²) in [6.45, 7) is 1.29. The summed E-state index contributed by atoms with van der Waals surface area (Å²) in [5.74, 6) is -0.810. The molecule has 6 nitrogen and oxygen atoms in total. The van der Waals surface area contributed by atoms with Crippen molar-refractivity contribution in [3.63, 3.8) is 0 Å². The zero-order valence-corrected chi connectivity index (χ0v) is 12.1. The van der Waals surface area contributed by atoms with Crippen LogP contribution in [0.2, 0.25) is 0 Å². The smallest absolute Gasteiger partial charge is 0.342 e. The van der Waals surface area contributed by atoms with Gasteiger partial charge < -0.3 is 9.84 Å². The highest BCUT2D eigenvalue weighted by molar-refractivity contribution is 7.89. The van der Waals surface area contributed by atoms with Crippen molar-refractivity contribution in [2.75, 3.05) is 21.2 Å². The van der Waals surface area contributed by atoms with Crippen LogP contribution in [0.4, 0.5) is 0 Å². The van der Waals surface area contributed by atoms with Crippen LogP contribution >= 0.6 is 0 Å². The van der Waals surface area contributed by atoms with E-state index >= 15 is 0 Å². The Bertz CT molecular complexity index is 560. The summed E-state index contributed by atoms with van der Waals surface area (Å²) in [6.07, 6.45) is 0. The quantitative estimate of drug-likeness (QED) is 0.806. The van der Waals surface area contributed by atoms with Crippen molar-refractivity contribution < 1.29 is 23.1 Å². The van der Waals surface area contributed by atoms with E-state index in [0.29, 0.717) is 0 Å². The van der Waals surface area contributed by atoms with Crippen molar-refractivity contribution in [2.45, 2.75) is 17.4 Å². The van der Waals surface area contributed by atoms with Crippen LogP contribution in [0.5, 0.6) is 0 Å². The molecule has 0 radical (unpaired) electrons. The van der Waals surface area contributed by atoms with Crippen molar-refractivity contribution in [2.24, 2.45) is 0 Å². The first-order chi connectivity index (χ1) is 8.64. The number of esters is 1. The van der Waals surface area contributed by atoms with E-state index in [9.17, 15) is 18.3 Å². The monoisotopic (exact) mass is 287 g/mol. The standard InChI is InChI=1S/C12H17NO5S/c1-12(15,11(14)18-4)9-5-7-10(8-6-9)19(16,17)13(2)3/h5-8,15H,1-4H3. The molecule has 19 heavy (non-hydrogen) atoms. The number of carbonyl (C=O) groups is 1. The normalized spacial score (nSPS) is 15.1. The van der Waals surface area contributed by atoms with E-state index in [1.807, 2.05) is 0 Å². The van der Waals surface area contributed by atoms with Gasteiger partial charge in [0.1, 0.15) is 0 Å². The highest BCUT2D eigenvalue weighted by Crippen LogP contribution is 2.24. The molecule has 0 fully saturated rings. The van der Waals surface area contributed by atoms with Crippen LogP contribution in [-0.2, 0) is 25.2 Å². The van der Waals surface area contributed by atoms with Crippen LogP contribution in [0.15, 0.2) is 29.2 Å². The van der Waals surface area contributed by atoms with Gasteiger partial charge in [0.25, 0.3) is 0 Å². The van der Waals surface area contributed by atoms with Crippen molar-refractivity contribution in [1.82, 2.24) is 4.31 Å². The molecule has 0 bridgehead atoms. The van der Waals surface area contributed by atoms with E-state index in [1.165, 1.54) is 52.4 Å². The molecule has 0 heterocycles. The van der Waals surface area contributed by atoms with Crippen molar-refractivity contribution in [1.29, 1.82) is 0 Å². The number of aliphatic hydroxyl groups is 1. The summed E-state index contributed by atoms with van der Waals surface area (Å²) >= 11 is 0. The topological polar surface area (TPSA) is 83.9 Å². The Kier molecular flexibility index (Phi) is 4.34. The molecule has 1 unspecified atom stereocenters. The maximum absolute atomic E-state index is 11.9. The molecule has 1 aromatic carbocycles. The Morgan fingerprint density at radius 3 is 2.11 bits per heavy atom. The SMILES string of the molecule is COC(=O)C(C)(O)c1ccc(S(=O)(=O)N(C)C)cc1. The summed E-state index contributed by atoms with van der Waals surface area (Å²) in [5, 5.41) is 10.0. The lowest BCUT2D eigenvalue weighted by Crippen LogP contribution is -2.33. The van der Waals surface area contributed by atoms with Gasteiger partial charge in [0, 0.05) is 14.1 Å². The van der Waals surface area contributed by atoms with Gasteiger partial charge in [-0.15, -0.1) is 0 Å². The van der Waals surface area contributed by atoms with E-state index in [4.69, 9.17) is 0 Å². The van der Waals surface area contributed by atoms with Gasteiger partial charge in [0.15, 0.2) is 5.60 Å². The minimum absolute atomic E-state index is 0.0851. The largest absolute Gasteiger partial charge is 0.467 e. The zero-order valence-electron chi connectivity index (χ0n) is 11.2. The van der Waals surface area contributed by atoms with Crippen LogP contribution in [-0.4, -0.2) is 45.0 Å². The first-order valence-corrected chi connectivity index (χ1v) is 6.92. The number of hydrogen-bond acceptors (Lipinski definition) is 5. The maximum Gasteiger partial charge on any atom is 0.342 e. The Hall–Kier alpha value is -1.44. The molecule has 106 valence electrons. The van der Waals surface area contributed by atoms with Gasteiger partial charge in [-0.25, -0.2) is 17.5 Å². The number of hydrogen-bond donors (Lipinski definition) is 1. The van der Waals surface area contributed by atoms with Crippen molar-refractivity contribution in [3.8, 4) is 0 Å². The summed E-state index contributed by atoms with van der Waals surface area (Å²) in [6, 6.07) is 5.44. The average Bonchev–Trinajstić information content (AvgIpc) is 2.37. The van der Waals surface area contributed by atoms with Crippen molar-refractivity contribution in [3.05, 3.63) is 29.8 Å². The average molecular weight is 287 g/mol. The lowest BCUT2D eigenvalue weighted by Gasteiger charge is -2.21. The molecule has 1 atom stereocenters. The van der Waals surface area contributed by atoms with Crippen LogP contribution in [0, 0.1) is 0 Å². The number of ether oxygens (including phenoxy) is 1. The molecule has 0 aliphatic carbocycles.